The van der Waals surface area contributed by atoms with Crippen molar-refractivity contribution < 1.29 is 22.8 Å². The summed E-state index contributed by atoms with van der Waals surface area (Å²) in [5.74, 6) is -0.864. The molecule has 1 aromatic carbocycles. The average Bonchev–Trinajstić information content (AvgIpc) is 2.47. The van der Waals surface area contributed by atoms with Gasteiger partial charge >= 0.3 is 6.18 Å². The lowest BCUT2D eigenvalue weighted by Gasteiger charge is -2.24. The van der Waals surface area contributed by atoms with Gasteiger partial charge in [0, 0.05) is 18.8 Å². The average molecular weight is 380 g/mol. The lowest BCUT2D eigenvalue weighted by molar-refractivity contribution is -0.137. The number of alkyl halides is 3. The summed E-state index contributed by atoms with van der Waals surface area (Å²) < 4.78 is 38.4. The van der Waals surface area contributed by atoms with Gasteiger partial charge in [0.05, 0.1) is 23.7 Å². The number of carbonyl (C=O) groups excluding carboxylic acids is 2. The molecular formula is C16H21ClF3N3O2. The Hall–Kier alpha value is -1.80. The summed E-state index contributed by atoms with van der Waals surface area (Å²) in [5, 5.41) is 1.89. The fourth-order valence-corrected chi connectivity index (χ4v) is 2.07. The van der Waals surface area contributed by atoms with Crippen LogP contribution < -0.4 is 5.32 Å². The largest absolute Gasteiger partial charge is 0.417 e. The number of nitrogens with zero attached hydrogens (tertiary/aromatic N) is 2. The molecule has 0 fully saturated rings. The Morgan fingerprint density at radius 1 is 1.20 bits per heavy atom. The monoisotopic (exact) mass is 379 g/mol. The van der Waals surface area contributed by atoms with Crippen molar-refractivity contribution in [2.45, 2.75) is 26.1 Å². The van der Waals surface area contributed by atoms with Crippen molar-refractivity contribution >= 4 is 29.1 Å². The Morgan fingerprint density at radius 3 is 2.32 bits per heavy atom. The van der Waals surface area contributed by atoms with Crippen molar-refractivity contribution in [2.24, 2.45) is 0 Å². The summed E-state index contributed by atoms with van der Waals surface area (Å²) in [7, 11) is 3.24. The highest BCUT2D eigenvalue weighted by Crippen LogP contribution is 2.36. The number of likely N-dealkylation sites (N-methyl/N-ethyl adjacent to an activating group) is 2. The molecule has 1 aromatic rings. The summed E-state index contributed by atoms with van der Waals surface area (Å²) in [6.07, 6.45) is -4.62. The van der Waals surface area contributed by atoms with Crippen LogP contribution in [0.5, 0.6) is 0 Å². The molecule has 0 bridgehead atoms. The third-order valence-electron chi connectivity index (χ3n) is 3.63. The molecule has 1 N–H and O–H groups in total. The predicted octanol–water partition coefficient (Wildman–Crippen LogP) is 3.10. The lowest BCUT2D eigenvalue weighted by atomic mass is 10.2. The summed E-state index contributed by atoms with van der Waals surface area (Å²) in [6, 6.07) is 3.26. The standard InChI is InChI=1S/C16H21ClF3N3O2/c1-10(2)22(3)9-15(25)23(4)8-14(24)21-11-5-6-13(17)12(7-11)16(18,19)20/h5-7,10H,8-9H2,1-4H3,(H,21,24). The van der Waals surface area contributed by atoms with Crippen LogP contribution in [0.15, 0.2) is 18.2 Å². The zero-order chi connectivity index (χ0) is 19.4. The maximum absolute atomic E-state index is 12.8. The second kappa shape index (κ2) is 8.53. The number of hydrogen-bond donors (Lipinski definition) is 1. The highest BCUT2D eigenvalue weighted by atomic mass is 35.5. The molecule has 0 aliphatic heterocycles. The Morgan fingerprint density at radius 2 is 1.80 bits per heavy atom. The second-order valence-electron chi connectivity index (χ2n) is 6.00. The van der Waals surface area contributed by atoms with Crippen molar-refractivity contribution in [3.8, 4) is 0 Å². The van der Waals surface area contributed by atoms with E-state index in [2.05, 4.69) is 5.32 Å². The van der Waals surface area contributed by atoms with Crippen LogP contribution in [-0.4, -0.2) is 54.8 Å². The molecule has 5 nitrogen and oxygen atoms in total. The number of benzene rings is 1. The Labute approximate surface area is 149 Å². The van der Waals surface area contributed by atoms with Gasteiger partial charge in [-0.05, 0) is 39.1 Å². The first-order chi connectivity index (χ1) is 11.4. The van der Waals surface area contributed by atoms with Crippen LogP contribution in [-0.2, 0) is 15.8 Å². The van der Waals surface area contributed by atoms with Crippen molar-refractivity contribution in [3.63, 3.8) is 0 Å². The number of anilines is 1. The molecule has 140 valence electrons. The molecule has 0 aromatic heterocycles. The van der Waals surface area contributed by atoms with Crippen LogP contribution in [0.2, 0.25) is 5.02 Å². The van der Waals surface area contributed by atoms with Gasteiger partial charge in [0.25, 0.3) is 0 Å². The first kappa shape index (κ1) is 21.2. The van der Waals surface area contributed by atoms with Crippen molar-refractivity contribution in [1.29, 1.82) is 0 Å². The Balaban J connectivity index is 2.69. The minimum atomic E-state index is -4.62. The predicted molar refractivity (Wildman–Crippen MR) is 90.5 cm³/mol. The van der Waals surface area contributed by atoms with Crippen molar-refractivity contribution in [1.82, 2.24) is 9.80 Å². The molecule has 1 rings (SSSR count). The molecule has 0 aliphatic rings. The number of hydrogen-bond acceptors (Lipinski definition) is 3. The Kier molecular flexibility index (Phi) is 7.25. The van der Waals surface area contributed by atoms with Gasteiger partial charge in [0.1, 0.15) is 0 Å². The van der Waals surface area contributed by atoms with Gasteiger partial charge in [-0.25, -0.2) is 0 Å². The van der Waals surface area contributed by atoms with E-state index in [0.717, 1.165) is 12.1 Å². The molecule has 0 atom stereocenters. The van der Waals surface area contributed by atoms with Gasteiger partial charge in [0.2, 0.25) is 11.8 Å². The van der Waals surface area contributed by atoms with E-state index in [4.69, 9.17) is 11.6 Å². The number of halogens is 4. The molecule has 9 heteroatoms. The molecule has 25 heavy (non-hydrogen) atoms. The fourth-order valence-electron chi connectivity index (χ4n) is 1.84. The van der Waals surface area contributed by atoms with E-state index in [-0.39, 0.29) is 30.7 Å². The number of amides is 2. The van der Waals surface area contributed by atoms with Gasteiger partial charge < -0.3 is 10.2 Å². The first-order valence-electron chi connectivity index (χ1n) is 7.52. The van der Waals surface area contributed by atoms with Crippen LogP contribution in [0.1, 0.15) is 19.4 Å². The fraction of sp³-hybridized carbons (Fsp3) is 0.500. The zero-order valence-electron chi connectivity index (χ0n) is 14.4. The van der Waals surface area contributed by atoms with Crippen molar-refractivity contribution in [2.75, 3.05) is 32.5 Å². The van der Waals surface area contributed by atoms with E-state index in [1.165, 1.54) is 18.0 Å². The van der Waals surface area contributed by atoms with Gasteiger partial charge in [-0.1, -0.05) is 11.6 Å². The molecule has 0 spiro atoms. The van der Waals surface area contributed by atoms with E-state index in [0.29, 0.717) is 0 Å². The quantitative estimate of drug-likeness (QED) is 0.826. The highest BCUT2D eigenvalue weighted by molar-refractivity contribution is 6.31. The smallest absolute Gasteiger partial charge is 0.335 e. The van der Waals surface area contributed by atoms with Crippen LogP contribution in [0, 0.1) is 0 Å². The van der Waals surface area contributed by atoms with Crippen molar-refractivity contribution in [3.05, 3.63) is 28.8 Å². The number of rotatable bonds is 6. The third-order valence-corrected chi connectivity index (χ3v) is 3.96. The third kappa shape index (κ3) is 6.55. The summed E-state index contributed by atoms with van der Waals surface area (Å²) in [6.45, 7) is 3.73. The lowest BCUT2D eigenvalue weighted by Crippen LogP contribution is -2.42. The molecule has 0 heterocycles. The normalized spacial score (nSPS) is 11.8. The number of carbonyl (C=O) groups is 2. The van der Waals surface area contributed by atoms with E-state index in [1.807, 2.05) is 18.7 Å². The minimum absolute atomic E-state index is 0.0399. The molecular weight excluding hydrogens is 359 g/mol. The minimum Gasteiger partial charge on any atom is -0.335 e. The van der Waals surface area contributed by atoms with Crippen LogP contribution >= 0.6 is 11.6 Å². The summed E-state index contributed by atoms with van der Waals surface area (Å²) >= 11 is 5.53. The van der Waals surface area contributed by atoms with E-state index >= 15 is 0 Å². The van der Waals surface area contributed by atoms with E-state index in [1.54, 1.807) is 7.05 Å². The SMILES string of the molecule is CC(C)N(C)CC(=O)N(C)CC(=O)Nc1ccc(Cl)c(C(F)(F)F)c1. The zero-order valence-corrected chi connectivity index (χ0v) is 15.2. The van der Waals surface area contributed by atoms with E-state index < -0.39 is 22.7 Å². The number of nitrogens with one attached hydrogen (secondary N) is 1. The maximum Gasteiger partial charge on any atom is 0.417 e. The molecule has 2 amide bonds. The Bertz CT molecular complexity index is 636. The van der Waals surface area contributed by atoms with Crippen LogP contribution in [0.4, 0.5) is 18.9 Å². The molecule has 0 aliphatic carbocycles. The van der Waals surface area contributed by atoms with Crippen LogP contribution in [0.3, 0.4) is 0 Å². The maximum atomic E-state index is 12.8. The topological polar surface area (TPSA) is 52.7 Å². The highest BCUT2D eigenvalue weighted by Gasteiger charge is 2.33. The van der Waals surface area contributed by atoms with Gasteiger partial charge in [-0.3, -0.25) is 14.5 Å². The second-order valence-corrected chi connectivity index (χ2v) is 6.41. The van der Waals surface area contributed by atoms with Gasteiger partial charge in [0.15, 0.2) is 0 Å². The summed E-state index contributed by atoms with van der Waals surface area (Å²) in [5.41, 5.74) is -1.07. The molecule has 0 unspecified atom stereocenters. The molecule has 0 saturated carbocycles. The molecule has 0 saturated heterocycles. The first-order valence-corrected chi connectivity index (χ1v) is 7.90. The van der Waals surface area contributed by atoms with Crippen LogP contribution in [0.25, 0.3) is 0 Å². The van der Waals surface area contributed by atoms with E-state index in [9.17, 15) is 22.8 Å². The van der Waals surface area contributed by atoms with Gasteiger partial charge in [-0.15, -0.1) is 0 Å². The van der Waals surface area contributed by atoms with Gasteiger partial charge in [-0.2, -0.15) is 13.2 Å². The molecule has 0 radical (unpaired) electrons. The summed E-state index contributed by atoms with van der Waals surface area (Å²) in [4.78, 5) is 27.0.